The Morgan fingerprint density at radius 1 is 0.865 bits per heavy atom. The first-order chi connectivity index (χ1) is 17.6. The van der Waals surface area contributed by atoms with Crippen LogP contribution in [0.2, 0.25) is 0 Å². The van der Waals surface area contributed by atoms with Crippen molar-refractivity contribution in [3.63, 3.8) is 0 Å². The molecular formula is C31H54N2O4. The quantitative estimate of drug-likeness (QED) is 0.312. The molecule has 4 N–H and O–H groups in total. The number of carbonyl (C=O) groups is 2. The summed E-state index contributed by atoms with van der Waals surface area (Å²) < 4.78 is 0. The summed E-state index contributed by atoms with van der Waals surface area (Å²) in [5.41, 5.74) is 0.497. The predicted octanol–water partition coefficient (Wildman–Crippen LogP) is 4.82. The van der Waals surface area contributed by atoms with Gasteiger partial charge in [0, 0.05) is 26.4 Å². The molecule has 37 heavy (non-hydrogen) atoms. The van der Waals surface area contributed by atoms with E-state index in [1.54, 1.807) is 0 Å². The van der Waals surface area contributed by atoms with Gasteiger partial charge in [-0.3, -0.25) is 9.59 Å². The normalized spacial score (nSPS) is 41.7. The number of hydrogen-bond donors (Lipinski definition) is 4. The number of aliphatic hydroxyl groups excluding tert-OH is 2. The number of fused-ring (bicyclic) bond motifs is 5. The summed E-state index contributed by atoms with van der Waals surface area (Å²) in [5.74, 6) is 3.62. The standard InChI is InChI=1S/C31H54N2O4/c1-20(8-11-29(37)33-17-7-5-6-16-32-21(2)34)24-9-10-25-23-19-28(36)27-18-22(35)12-14-31(27,4)26(23)13-15-30(24,25)3/h20,22-28,35-36H,5-19H2,1-4H3,(H,32,34)(H,33,37)/t20-,22-,23+,24-,25+,26+,27+,28+,30-,31-/m1/s1. The van der Waals surface area contributed by atoms with Crippen molar-refractivity contribution in [1.82, 2.24) is 10.6 Å². The third kappa shape index (κ3) is 6.05. The molecule has 0 spiro atoms. The zero-order valence-corrected chi connectivity index (χ0v) is 23.9. The van der Waals surface area contributed by atoms with E-state index in [0.29, 0.717) is 48.0 Å². The molecule has 0 saturated heterocycles. The van der Waals surface area contributed by atoms with Gasteiger partial charge in [-0.05, 0) is 123 Å². The van der Waals surface area contributed by atoms with E-state index in [4.69, 9.17) is 0 Å². The SMILES string of the molecule is CC(=O)NCCCCCNC(=O)CC[C@@H](C)[C@H]1CC[C@H]2[C@@H]3C[C@H](O)[C@@H]4C[C@H](O)CC[C@]4(C)[C@H]3CC[C@]12C. The molecule has 0 radical (unpaired) electrons. The van der Waals surface area contributed by atoms with Gasteiger partial charge in [0.05, 0.1) is 12.2 Å². The fraction of sp³-hybridized carbons (Fsp3) is 0.935. The van der Waals surface area contributed by atoms with Gasteiger partial charge in [0.1, 0.15) is 0 Å². The molecule has 0 heterocycles. The van der Waals surface area contributed by atoms with E-state index in [0.717, 1.165) is 57.9 Å². The van der Waals surface area contributed by atoms with E-state index in [-0.39, 0.29) is 35.4 Å². The highest BCUT2D eigenvalue weighted by molar-refractivity contribution is 5.75. The van der Waals surface area contributed by atoms with Gasteiger partial charge < -0.3 is 20.8 Å². The first kappa shape index (κ1) is 28.9. The number of hydrogen-bond acceptors (Lipinski definition) is 4. The molecule has 0 aliphatic heterocycles. The van der Waals surface area contributed by atoms with Gasteiger partial charge in [-0.2, -0.15) is 0 Å². The maximum atomic E-state index is 12.5. The Kier molecular flexibility index (Phi) is 9.31. The molecule has 0 bridgehead atoms. The molecule has 2 amide bonds. The minimum absolute atomic E-state index is 0.0159. The van der Waals surface area contributed by atoms with Gasteiger partial charge in [0.2, 0.25) is 11.8 Å². The maximum absolute atomic E-state index is 12.5. The Bertz CT molecular complexity index is 804. The van der Waals surface area contributed by atoms with Crippen LogP contribution >= 0.6 is 0 Å². The molecule has 4 saturated carbocycles. The molecule has 0 aromatic heterocycles. The Hall–Kier alpha value is -1.14. The Labute approximate surface area is 225 Å². The van der Waals surface area contributed by atoms with Crippen LogP contribution in [0.25, 0.3) is 0 Å². The molecule has 6 heteroatoms. The average molecular weight is 519 g/mol. The summed E-state index contributed by atoms with van der Waals surface area (Å²) in [7, 11) is 0. The molecule has 6 nitrogen and oxygen atoms in total. The highest BCUT2D eigenvalue weighted by Crippen LogP contribution is 2.68. The van der Waals surface area contributed by atoms with Gasteiger partial charge in [-0.25, -0.2) is 0 Å². The fourth-order valence-corrected chi connectivity index (χ4v) is 9.82. The smallest absolute Gasteiger partial charge is 0.220 e. The Morgan fingerprint density at radius 3 is 2.27 bits per heavy atom. The van der Waals surface area contributed by atoms with E-state index in [1.807, 2.05) is 0 Å². The zero-order valence-electron chi connectivity index (χ0n) is 23.9. The van der Waals surface area contributed by atoms with Crippen LogP contribution in [0.4, 0.5) is 0 Å². The van der Waals surface area contributed by atoms with Crippen LogP contribution in [0.5, 0.6) is 0 Å². The van der Waals surface area contributed by atoms with Crippen molar-refractivity contribution in [1.29, 1.82) is 0 Å². The van der Waals surface area contributed by atoms with Crippen LogP contribution in [0.1, 0.15) is 111 Å². The topological polar surface area (TPSA) is 98.7 Å². The van der Waals surface area contributed by atoms with Crippen LogP contribution in [0.15, 0.2) is 0 Å². The van der Waals surface area contributed by atoms with Crippen LogP contribution in [0, 0.1) is 46.3 Å². The fourth-order valence-electron chi connectivity index (χ4n) is 9.82. The average Bonchev–Trinajstić information content (AvgIpc) is 3.20. The second kappa shape index (κ2) is 11.9. The van der Waals surface area contributed by atoms with Crippen LogP contribution in [0.3, 0.4) is 0 Å². The van der Waals surface area contributed by atoms with E-state index in [9.17, 15) is 19.8 Å². The number of rotatable bonds is 10. The molecular weight excluding hydrogens is 464 g/mol. The summed E-state index contributed by atoms with van der Waals surface area (Å²) in [6.45, 7) is 10.3. The molecule has 0 unspecified atom stereocenters. The maximum Gasteiger partial charge on any atom is 0.220 e. The lowest BCUT2D eigenvalue weighted by Gasteiger charge is -2.62. The largest absolute Gasteiger partial charge is 0.393 e. The molecule has 4 rings (SSSR count). The highest BCUT2D eigenvalue weighted by atomic mass is 16.3. The number of unbranched alkanes of at least 4 members (excludes halogenated alkanes) is 2. The molecule has 0 aromatic rings. The first-order valence-electron chi connectivity index (χ1n) is 15.4. The second-order valence-corrected chi connectivity index (χ2v) is 13.9. The van der Waals surface area contributed by atoms with Gasteiger partial charge >= 0.3 is 0 Å². The second-order valence-electron chi connectivity index (χ2n) is 13.9. The third-order valence-electron chi connectivity index (χ3n) is 11.8. The zero-order chi connectivity index (χ0) is 26.8. The van der Waals surface area contributed by atoms with Gasteiger partial charge in [0.25, 0.3) is 0 Å². The van der Waals surface area contributed by atoms with Crippen molar-refractivity contribution in [2.45, 2.75) is 123 Å². The van der Waals surface area contributed by atoms with Crippen molar-refractivity contribution in [3.05, 3.63) is 0 Å². The lowest BCUT2D eigenvalue weighted by atomic mass is 9.44. The Morgan fingerprint density at radius 2 is 1.54 bits per heavy atom. The van der Waals surface area contributed by atoms with E-state index < -0.39 is 0 Å². The summed E-state index contributed by atoms with van der Waals surface area (Å²) in [6.07, 6.45) is 12.7. The molecule has 4 fully saturated rings. The molecule has 4 aliphatic rings. The molecule has 4 aliphatic carbocycles. The number of carbonyl (C=O) groups excluding carboxylic acids is 2. The van der Waals surface area contributed by atoms with E-state index in [2.05, 4.69) is 31.4 Å². The highest BCUT2D eigenvalue weighted by Gasteiger charge is 2.62. The molecule has 212 valence electrons. The van der Waals surface area contributed by atoms with Crippen molar-refractivity contribution in [2.24, 2.45) is 46.3 Å². The third-order valence-corrected chi connectivity index (χ3v) is 11.8. The minimum atomic E-state index is -0.269. The van der Waals surface area contributed by atoms with E-state index >= 15 is 0 Å². The van der Waals surface area contributed by atoms with Gasteiger partial charge in [0.15, 0.2) is 0 Å². The summed E-state index contributed by atoms with van der Waals surface area (Å²) in [4.78, 5) is 23.4. The monoisotopic (exact) mass is 518 g/mol. The molecule has 10 atom stereocenters. The lowest BCUT2D eigenvalue weighted by molar-refractivity contribution is -0.172. The summed E-state index contributed by atoms with van der Waals surface area (Å²) in [5, 5.41) is 27.5. The van der Waals surface area contributed by atoms with Gasteiger partial charge in [-0.15, -0.1) is 0 Å². The predicted molar refractivity (Wildman–Crippen MR) is 147 cm³/mol. The number of amides is 2. The number of aliphatic hydroxyl groups is 2. The van der Waals surface area contributed by atoms with Crippen molar-refractivity contribution in [3.8, 4) is 0 Å². The van der Waals surface area contributed by atoms with Crippen LogP contribution in [-0.4, -0.2) is 47.3 Å². The van der Waals surface area contributed by atoms with Gasteiger partial charge in [-0.1, -0.05) is 20.8 Å². The molecule has 0 aromatic carbocycles. The minimum Gasteiger partial charge on any atom is -0.393 e. The Balaban J connectivity index is 1.26. The van der Waals surface area contributed by atoms with Crippen LogP contribution in [-0.2, 0) is 9.59 Å². The van der Waals surface area contributed by atoms with Crippen molar-refractivity contribution in [2.75, 3.05) is 13.1 Å². The van der Waals surface area contributed by atoms with Crippen molar-refractivity contribution >= 4 is 11.8 Å². The van der Waals surface area contributed by atoms with Crippen LogP contribution < -0.4 is 10.6 Å². The lowest BCUT2D eigenvalue weighted by Crippen LogP contribution is -2.58. The first-order valence-corrected chi connectivity index (χ1v) is 15.4. The van der Waals surface area contributed by atoms with E-state index in [1.165, 1.54) is 32.6 Å². The number of nitrogens with one attached hydrogen (secondary N) is 2. The summed E-state index contributed by atoms with van der Waals surface area (Å²) in [6, 6.07) is 0. The summed E-state index contributed by atoms with van der Waals surface area (Å²) >= 11 is 0. The van der Waals surface area contributed by atoms with Crippen molar-refractivity contribution < 1.29 is 19.8 Å².